The Hall–Kier alpha value is -2.98. The number of amides is 1. The second-order valence-corrected chi connectivity index (χ2v) is 6.62. The van der Waals surface area contributed by atoms with Gasteiger partial charge in [-0.05, 0) is 18.2 Å². The van der Waals surface area contributed by atoms with Crippen molar-refractivity contribution in [1.29, 1.82) is 0 Å². The monoisotopic (exact) mass is 403 g/mol. The van der Waals surface area contributed by atoms with Gasteiger partial charge in [-0.15, -0.1) is 10.2 Å². The molecule has 0 saturated carbocycles. The van der Waals surface area contributed by atoms with Crippen LogP contribution in [0.15, 0.2) is 41.9 Å². The number of hydrogen-bond acceptors (Lipinski definition) is 8. The van der Waals surface area contributed by atoms with Crippen LogP contribution < -0.4 is 10.4 Å². The van der Waals surface area contributed by atoms with E-state index >= 15 is 0 Å². The minimum Gasteiger partial charge on any atom is -0.545 e. The summed E-state index contributed by atoms with van der Waals surface area (Å²) in [5.41, 5.74) is 0.686. The second-order valence-electron chi connectivity index (χ2n) is 5.27. The Labute approximate surface area is 162 Å². The highest BCUT2D eigenvalue weighted by molar-refractivity contribution is 7.99. The average Bonchev–Trinajstić information content (AvgIpc) is 3.02. The topological polar surface area (TPSA) is 126 Å². The van der Waals surface area contributed by atoms with Gasteiger partial charge in [0.25, 0.3) is 0 Å². The van der Waals surface area contributed by atoms with Gasteiger partial charge in [0.2, 0.25) is 5.91 Å². The number of thioether (sulfide) groups is 1. The van der Waals surface area contributed by atoms with E-state index in [1.807, 2.05) is 0 Å². The Bertz CT molecular complexity index is 995. The lowest BCUT2D eigenvalue weighted by Gasteiger charge is -2.09. The smallest absolute Gasteiger partial charge is 0.234 e. The SMILES string of the molecule is Cn1c(SCC(=O)Nc2ccc(Cl)c(C(=O)[O-])c2)nnc1-c1cnccn1. The van der Waals surface area contributed by atoms with Crippen molar-refractivity contribution < 1.29 is 14.7 Å². The van der Waals surface area contributed by atoms with Crippen LogP contribution in [0, 0.1) is 0 Å². The van der Waals surface area contributed by atoms with Crippen LogP contribution in [-0.4, -0.2) is 42.4 Å². The molecule has 2 aromatic heterocycles. The second kappa shape index (κ2) is 8.14. The van der Waals surface area contributed by atoms with Crippen LogP contribution >= 0.6 is 23.4 Å². The highest BCUT2D eigenvalue weighted by Crippen LogP contribution is 2.22. The van der Waals surface area contributed by atoms with Crippen molar-refractivity contribution in [2.45, 2.75) is 5.16 Å². The Kier molecular flexibility index (Phi) is 5.67. The van der Waals surface area contributed by atoms with Crippen molar-refractivity contribution in [1.82, 2.24) is 24.7 Å². The molecule has 0 bridgehead atoms. The van der Waals surface area contributed by atoms with Crippen molar-refractivity contribution in [2.75, 3.05) is 11.1 Å². The summed E-state index contributed by atoms with van der Waals surface area (Å²) in [6.45, 7) is 0. The molecule has 9 nitrogen and oxygen atoms in total. The van der Waals surface area contributed by atoms with E-state index in [0.717, 1.165) is 0 Å². The first kappa shape index (κ1) is 18.8. The molecule has 0 fully saturated rings. The number of anilines is 1. The summed E-state index contributed by atoms with van der Waals surface area (Å²) in [6.07, 6.45) is 4.68. The van der Waals surface area contributed by atoms with E-state index in [9.17, 15) is 14.7 Å². The molecule has 0 aliphatic carbocycles. The average molecular weight is 404 g/mol. The molecule has 0 aliphatic heterocycles. The number of aromatic carboxylic acids is 1. The molecule has 0 atom stereocenters. The van der Waals surface area contributed by atoms with E-state index in [2.05, 4.69) is 25.5 Å². The molecule has 1 amide bonds. The van der Waals surface area contributed by atoms with Crippen molar-refractivity contribution in [3.05, 3.63) is 47.4 Å². The molecule has 0 saturated heterocycles. The van der Waals surface area contributed by atoms with Gasteiger partial charge in [0, 0.05) is 35.7 Å². The van der Waals surface area contributed by atoms with Gasteiger partial charge < -0.3 is 19.8 Å². The lowest BCUT2D eigenvalue weighted by Crippen LogP contribution is -2.23. The first-order chi connectivity index (χ1) is 13.0. The molecule has 27 heavy (non-hydrogen) atoms. The molecule has 3 rings (SSSR count). The van der Waals surface area contributed by atoms with Crippen LogP contribution in [0.1, 0.15) is 10.4 Å². The first-order valence-corrected chi connectivity index (χ1v) is 8.91. The van der Waals surface area contributed by atoms with Gasteiger partial charge in [0.1, 0.15) is 5.69 Å². The van der Waals surface area contributed by atoms with Crippen molar-refractivity contribution >= 4 is 40.9 Å². The van der Waals surface area contributed by atoms with Crippen LogP contribution in [0.2, 0.25) is 5.02 Å². The lowest BCUT2D eigenvalue weighted by atomic mass is 10.2. The highest BCUT2D eigenvalue weighted by Gasteiger charge is 2.14. The number of nitrogens with zero attached hydrogens (tertiary/aromatic N) is 5. The van der Waals surface area contributed by atoms with Gasteiger partial charge >= 0.3 is 0 Å². The molecule has 1 N–H and O–H groups in total. The maximum absolute atomic E-state index is 12.1. The number of nitrogens with one attached hydrogen (secondary N) is 1. The van der Waals surface area contributed by atoms with Gasteiger partial charge in [0.05, 0.1) is 17.9 Å². The molecule has 138 valence electrons. The summed E-state index contributed by atoms with van der Waals surface area (Å²) >= 11 is 6.95. The van der Waals surface area contributed by atoms with Crippen LogP contribution in [-0.2, 0) is 11.8 Å². The summed E-state index contributed by atoms with van der Waals surface area (Å²) in [6, 6.07) is 4.13. The maximum atomic E-state index is 12.1. The van der Waals surface area contributed by atoms with E-state index in [4.69, 9.17) is 11.6 Å². The summed E-state index contributed by atoms with van der Waals surface area (Å²) < 4.78 is 1.71. The van der Waals surface area contributed by atoms with Gasteiger partial charge in [-0.3, -0.25) is 9.78 Å². The van der Waals surface area contributed by atoms with E-state index in [1.54, 1.807) is 30.2 Å². The van der Waals surface area contributed by atoms with Crippen LogP contribution in [0.5, 0.6) is 0 Å². The summed E-state index contributed by atoms with van der Waals surface area (Å²) in [5, 5.41) is 22.3. The minimum absolute atomic E-state index is 0.0398. The van der Waals surface area contributed by atoms with Crippen LogP contribution in [0.3, 0.4) is 0 Å². The molecule has 0 aliphatic rings. The van der Waals surface area contributed by atoms with Crippen LogP contribution in [0.4, 0.5) is 5.69 Å². The zero-order chi connectivity index (χ0) is 19.4. The third-order valence-electron chi connectivity index (χ3n) is 3.43. The Morgan fingerprint density at radius 2 is 2.11 bits per heavy atom. The summed E-state index contributed by atoms with van der Waals surface area (Å²) in [7, 11) is 1.76. The maximum Gasteiger partial charge on any atom is 0.234 e. The van der Waals surface area contributed by atoms with E-state index in [0.29, 0.717) is 22.4 Å². The predicted molar refractivity (Wildman–Crippen MR) is 97.2 cm³/mol. The highest BCUT2D eigenvalue weighted by atomic mass is 35.5. The summed E-state index contributed by atoms with van der Waals surface area (Å²) in [4.78, 5) is 31.3. The number of rotatable bonds is 6. The number of halogens is 1. The number of carbonyl (C=O) groups is 2. The van der Waals surface area contributed by atoms with Crippen molar-refractivity contribution in [2.24, 2.45) is 7.05 Å². The third-order valence-corrected chi connectivity index (χ3v) is 4.78. The first-order valence-electron chi connectivity index (χ1n) is 7.55. The predicted octanol–water partition coefficient (Wildman–Crippen LogP) is 1.02. The number of aromatic nitrogens is 5. The zero-order valence-corrected chi connectivity index (χ0v) is 15.5. The van der Waals surface area contributed by atoms with E-state index in [1.165, 1.54) is 30.0 Å². The molecular weight excluding hydrogens is 392 g/mol. The van der Waals surface area contributed by atoms with Gasteiger partial charge in [0.15, 0.2) is 11.0 Å². The molecule has 11 heteroatoms. The number of carboxylic acid groups (broad SMARTS) is 1. The van der Waals surface area contributed by atoms with Gasteiger partial charge in [-0.2, -0.15) is 0 Å². The zero-order valence-electron chi connectivity index (χ0n) is 13.9. The Morgan fingerprint density at radius 1 is 1.30 bits per heavy atom. The quantitative estimate of drug-likeness (QED) is 0.604. The van der Waals surface area contributed by atoms with E-state index in [-0.39, 0.29) is 22.2 Å². The molecule has 3 aromatic rings. The fourth-order valence-electron chi connectivity index (χ4n) is 2.16. The Balaban J connectivity index is 1.64. The summed E-state index contributed by atoms with van der Waals surface area (Å²) in [5.74, 6) is -1.17. The number of carbonyl (C=O) groups excluding carboxylic acids is 2. The van der Waals surface area contributed by atoms with Gasteiger partial charge in [-0.1, -0.05) is 23.4 Å². The molecule has 1 aromatic carbocycles. The van der Waals surface area contributed by atoms with Crippen LogP contribution in [0.25, 0.3) is 11.5 Å². The Morgan fingerprint density at radius 3 is 2.81 bits per heavy atom. The molecular formula is C16H12ClN6O3S-. The van der Waals surface area contributed by atoms with E-state index < -0.39 is 5.97 Å². The molecule has 0 radical (unpaired) electrons. The fourth-order valence-corrected chi connectivity index (χ4v) is 3.07. The van der Waals surface area contributed by atoms with Crippen molar-refractivity contribution in [3.8, 4) is 11.5 Å². The number of carboxylic acids is 1. The lowest BCUT2D eigenvalue weighted by molar-refractivity contribution is -0.255. The number of hydrogen-bond donors (Lipinski definition) is 1. The normalized spacial score (nSPS) is 10.6. The fraction of sp³-hybridized carbons (Fsp3) is 0.125. The standard InChI is InChI=1S/C16H13ClN6O3S/c1-23-14(12-7-18-4-5-19-12)21-22-16(23)27-8-13(24)20-9-2-3-11(17)10(6-9)15(25)26/h2-7H,8H2,1H3,(H,20,24)(H,25,26)/p-1. The minimum atomic E-state index is -1.42. The largest absolute Gasteiger partial charge is 0.545 e. The van der Waals surface area contributed by atoms with Crippen molar-refractivity contribution in [3.63, 3.8) is 0 Å². The molecule has 0 unspecified atom stereocenters. The molecule has 2 heterocycles. The molecule has 0 spiro atoms. The number of benzene rings is 1. The third kappa shape index (κ3) is 4.41. The van der Waals surface area contributed by atoms with Gasteiger partial charge in [-0.25, -0.2) is 4.98 Å².